The quantitative estimate of drug-likeness (QED) is 0.282. The van der Waals surface area contributed by atoms with Crippen molar-refractivity contribution in [2.45, 2.75) is 32.4 Å². The first-order valence-corrected chi connectivity index (χ1v) is 12.9. The third kappa shape index (κ3) is 5.44. The van der Waals surface area contributed by atoms with E-state index in [1.165, 1.54) is 16.7 Å². The molecule has 182 valence electrons. The second kappa shape index (κ2) is 10.8. The molecule has 1 aliphatic heterocycles. The zero-order valence-corrected chi connectivity index (χ0v) is 22.3. The molecule has 0 aromatic heterocycles. The summed E-state index contributed by atoms with van der Waals surface area (Å²) in [5.74, 6) is -0.784. The number of benzene rings is 3. The molecule has 4 rings (SSSR count). The lowest BCUT2D eigenvalue weighted by atomic mass is 10.1. The summed E-state index contributed by atoms with van der Waals surface area (Å²) in [6.07, 6.45) is 0.340. The van der Waals surface area contributed by atoms with Gasteiger partial charge in [-0.25, -0.2) is 0 Å². The van der Waals surface area contributed by atoms with Crippen molar-refractivity contribution in [1.29, 1.82) is 5.26 Å². The molecule has 1 aliphatic rings. The molecular weight excluding hydrogens is 513 g/mol. The molecule has 1 fully saturated rings. The summed E-state index contributed by atoms with van der Waals surface area (Å²) in [7, 11) is 0. The van der Waals surface area contributed by atoms with Gasteiger partial charge in [-0.3, -0.25) is 14.5 Å². The summed E-state index contributed by atoms with van der Waals surface area (Å²) >= 11 is 13.5. The van der Waals surface area contributed by atoms with Gasteiger partial charge >= 0.3 is 0 Å². The number of hydrogen-bond acceptors (Lipinski definition) is 4. The van der Waals surface area contributed by atoms with E-state index in [0.717, 1.165) is 22.3 Å². The number of para-hydroxylation sites is 1. The summed E-state index contributed by atoms with van der Waals surface area (Å²) < 4.78 is 0. The van der Waals surface area contributed by atoms with Gasteiger partial charge in [-0.2, -0.15) is 5.26 Å². The first kappa shape index (κ1) is 25.8. The van der Waals surface area contributed by atoms with Gasteiger partial charge in [0.1, 0.15) is 16.7 Å². The van der Waals surface area contributed by atoms with Gasteiger partial charge in [0, 0.05) is 21.4 Å². The first-order valence-electron chi connectivity index (χ1n) is 11.2. The van der Waals surface area contributed by atoms with E-state index in [2.05, 4.69) is 5.32 Å². The molecule has 1 N–H and O–H groups in total. The van der Waals surface area contributed by atoms with Crippen molar-refractivity contribution in [3.05, 3.63) is 104 Å². The van der Waals surface area contributed by atoms with E-state index < -0.39 is 11.2 Å². The van der Waals surface area contributed by atoms with Crippen LogP contribution in [0.1, 0.15) is 22.3 Å². The molecule has 3 aromatic carbocycles. The topological polar surface area (TPSA) is 73.2 Å². The number of carbonyl (C=O) groups is 2. The minimum absolute atomic E-state index is 0.124. The highest BCUT2D eigenvalue weighted by Crippen LogP contribution is 2.42. The maximum Gasteiger partial charge on any atom is 0.269 e. The standard InChI is InChI=1S/C28H23Cl2N3O2S/c1-16-8-9-22(10-18(16)3)33-27(35)25(13-19-11-20(29)14-21(30)12-19)36-28(33)23(15-31)26(34)32-24-7-5-4-6-17(24)2/h4-12,14,25H,13H2,1-3H3,(H,32,34)/b28-23-. The average molecular weight is 536 g/mol. The van der Waals surface area contributed by atoms with Crippen LogP contribution >= 0.6 is 35.0 Å². The molecule has 1 saturated heterocycles. The molecule has 5 nitrogen and oxygen atoms in total. The number of rotatable bonds is 5. The van der Waals surface area contributed by atoms with Gasteiger partial charge in [0.2, 0.25) is 5.91 Å². The van der Waals surface area contributed by atoms with E-state index in [1.807, 2.05) is 63.2 Å². The Morgan fingerprint density at radius 1 is 1.00 bits per heavy atom. The lowest BCUT2D eigenvalue weighted by Crippen LogP contribution is -2.31. The maximum absolute atomic E-state index is 13.7. The van der Waals surface area contributed by atoms with Crippen molar-refractivity contribution in [3.8, 4) is 6.07 Å². The van der Waals surface area contributed by atoms with E-state index in [9.17, 15) is 14.9 Å². The fourth-order valence-electron chi connectivity index (χ4n) is 3.93. The smallest absolute Gasteiger partial charge is 0.269 e. The average Bonchev–Trinajstić information content (AvgIpc) is 3.12. The number of thioether (sulfide) groups is 1. The van der Waals surface area contributed by atoms with Crippen LogP contribution < -0.4 is 10.2 Å². The van der Waals surface area contributed by atoms with Crippen molar-refractivity contribution in [2.24, 2.45) is 0 Å². The van der Waals surface area contributed by atoms with Crippen molar-refractivity contribution in [1.82, 2.24) is 0 Å². The number of nitriles is 1. The number of nitrogens with zero attached hydrogens (tertiary/aromatic N) is 2. The number of nitrogens with one attached hydrogen (secondary N) is 1. The van der Waals surface area contributed by atoms with Crippen LogP contribution in [0.25, 0.3) is 0 Å². The van der Waals surface area contributed by atoms with Crippen LogP contribution in [-0.2, 0) is 16.0 Å². The largest absolute Gasteiger partial charge is 0.321 e. The normalized spacial score (nSPS) is 16.6. The van der Waals surface area contributed by atoms with Crippen LogP contribution in [0.4, 0.5) is 11.4 Å². The second-order valence-corrected chi connectivity index (χ2v) is 10.7. The van der Waals surface area contributed by atoms with Gasteiger partial charge in [0.05, 0.1) is 5.25 Å². The Kier molecular flexibility index (Phi) is 7.75. The Bertz CT molecular complexity index is 1420. The molecular formula is C28H23Cl2N3O2S. The Morgan fingerprint density at radius 3 is 2.33 bits per heavy atom. The molecule has 0 bridgehead atoms. The van der Waals surface area contributed by atoms with Gasteiger partial charge in [-0.15, -0.1) is 0 Å². The molecule has 8 heteroatoms. The van der Waals surface area contributed by atoms with Crippen molar-refractivity contribution >= 4 is 58.2 Å². The number of aryl methyl sites for hydroxylation is 3. The number of hydrogen-bond donors (Lipinski definition) is 1. The lowest BCUT2D eigenvalue weighted by Gasteiger charge is -2.20. The predicted molar refractivity (Wildman–Crippen MR) is 147 cm³/mol. The number of amides is 2. The fourth-order valence-corrected chi connectivity index (χ4v) is 5.81. The SMILES string of the molecule is Cc1ccc(N2C(=O)C(Cc3cc(Cl)cc(Cl)c3)S/C2=C(/C#N)C(=O)Nc2ccccc2C)cc1C. The van der Waals surface area contributed by atoms with Crippen molar-refractivity contribution in [2.75, 3.05) is 10.2 Å². The minimum atomic E-state index is -0.567. The highest BCUT2D eigenvalue weighted by molar-refractivity contribution is 8.05. The predicted octanol–water partition coefficient (Wildman–Crippen LogP) is 6.98. The molecule has 0 saturated carbocycles. The maximum atomic E-state index is 13.7. The van der Waals surface area contributed by atoms with Crippen LogP contribution in [0.2, 0.25) is 10.0 Å². The molecule has 1 atom stereocenters. The summed E-state index contributed by atoms with van der Waals surface area (Å²) in [6, 6.07) is 20.2. The third-order valence-electron chi connectivity index (χ3n) is 5.99. The zero-order chi connectivity index (χ0) is 26.0. The van der Waals surface area contributed by atoms with E-state index >= 15 is 0 Å². The van der Waals surface area contributed by atoms with Gasteiger partial charge < -0.3 is 5.32 Å². The lowest BCUT2D eigenvalue weighted by molar-refractivity contribution is -0.117. The summed E-state index contributed by atoms with van der Waals surface area (Å²) in [4.78, 5) is 28.4. The Hall–Kier alpha value is -3.24. The summed E-state index contributed by atoms with van der Waals surface area (Å²) in [5.41, 5.74) is 4.82. The van der Waals surface area contributed by atoms with E-state index in [1.54, 1.807) is 24.3 Å². The van der Waals surface area contributed by atoms with Crippen LogP contribution in [-0.4, -0.2) is 17.1 Å². The third-order valence-corrected chi connectivity index (χ3v) is 7.69. The fraction of sp³-hybridized carbons (Fsp3) is 0.179. The number of anilines is 2. The van der Waals surface area contributed by atoms with Crippen molar-refractivity contribution in [3.63, 3.8) is 0 Å². The monoisotopic (exact) mass is 535 g/mol. The highest BCUT2D eigenvalue weighted by Gasteiger charge is 2.41. The Labute approximate surface area is 224 Å². The minimum Gasteiger partial charge on any atom is -0.321 e. The van der Waals surface area contributed by atoms with Crippen LogP contribution in [0, 0.1) is 32.1 Å². The molecule has 0 aliphatic carbocycles. The first-order chi connectivity index (χ1) is 17.2. The van der Waals surface area contributed by atoms with E-state index in [4.69, 9.17) is 23.2 Å². The molecule has 3 aromatic rings. The van der Waals surface area contributed by atoms with Gasteiger partial charge in [-0.1, -0.05) is 59.2 Å². The molecule has 36 heavy (non-hydrogen) atoms. The van der Waals surface area contributed by atoms with Gasteiger partial charge in [0.15, 0.2) is 0 Å². The second-order valence-electron chi connectivity index (χ2n) is 8.59. The highest BCUT2D eigenvalue weighted by atomic mass is 35.5. The molecule has 2 amide bonds. The van der Waals surface area contributed by atoms with Gasteiger partial charge in [-0.05, 0) is 85.8 Å². The van der Waals surface area contributed by atoms with Crippen LogP contribution in [0.3, 0.4) is 0 Å². The molecule has 0 radical (unpaired) electrons. The Balaban J connectivity index is 1.77. The number of carbonyl (C=O) groups excluding carboxylic acids is 2. The van der Waals surface area contributed by atoms with Gasteiger partial charge in [0.25, 0.3) is 5.91 Å². The summed E-state index contributed by atoms with van der Waals surface area (Å²) in [6.45, 7) is 5.81. The van der Waals surface area contributed by atoms with Crippen molar-refractivity contribution < 1.29 is 9.59 Å². The molecule has 1 unspecified atom stereocenters. The summed E-state index contributed by atoms with van der Waals surface area (Å²) in [5, 5.41) is 13.6. The molecule has 0 spiro atoms. The Morgan fingerprint density at radius 2 is 1.69 bits per heavy atom. The van der Waals surface area contributed by atoms with E-state index in [0.29, 0.717) is 32.9 Å². The van der Waals surface area contributed by atoms with Crippen LogP contribution in [0.5, 0.6) is 0 Å². The number of halogens is 2. The van der Waals surface area contributed by atoms with E-state index in [-0.39, 0.29) is 11.5 Å². The molecule has 1 heterocycles. The van der Waals surface area contributed by atoms with Crippen LogP contribution in [0.15, 0.2) is 71.3 Å². The zero-order valence-electron chi connectivity index (χ0n) is 19.9.